The van der Waals surface area contributed by atoms with Crippen LogP contribution in [0, 0.1) is 0 Å². The summed E-state index contributed by atoms with van der Waals surface area (Å²) in [4.78, 5) is 13.1. The van der Waals surface area contributed by atoms with Gasteiger partial charge in [-0.05, 0) is 55.4 Å². The van der Waals surface area contributed by atoms with Crippen LogP contribution < -0.4 is 5.32 Å². The molecular weight excluding hydrogens is 270 g/mol. The van der Waals surface area contributed by atoms with Gasteiger partial charge in [0, 0.05) is 17.5 Å². The number of rotatable bonds is 7. The van der Waals surface area contributed by atoms with E-state index in [1.165, 1.54) is 35.3 Å². The number of carbonyl (C=O) groups is 1. The Balaban J connectivity index is 1.81. The van der Waals surface area contributed by atoms with Crippen molar-refractivity contribution in [1.29, 1.82) is 0 Å². The van der Waals surface area contributed by atoms with Crippen LogP contribution in [-0.4, -0.2) is 29.4 Å². The molecule has 1 aliphatic rings. The fraction of sp³-hybridized carbons (Fsp3) is 0.562. The van der Waals surface area contributed by atoms with E-state index < -0.39 is 0 Å². The van der Waals surface area contributed by atoms with E-state index in [0.717, 1.165) is 6.42 Å². The molecule has 1 unspecified atom stereocenters. The van der Waals surface area contributed by atoms with Crippen LogP contribution in [0.3, 0.4) is 0 Å². The SMILES string of the molecule is CCC(CCO)NC(=O)CSc1ccc2c(c1)CCC2. The number of benzene rings is 1. The van der Waals surface area contributed by atoms with Crippen molar-refractivity contribution in [2.24, 2.45) is 0 Å². The first-order valence-electron chi connectivity index (χ1n) is 7.37. The third-order valence-electron chi connectivity index (χ3n) is 3.78. The monoisotopic (exact) mass is 293 g/mol. The average molecular weight is 293 g/mol. The van der Waals surface area contributed by atoms with E-state index >= 15 is 0 Å². The molecule has 0 heterocycles. The van der Waals surface area contributed by atoms with Gasteiger partial charge in [0.25, 0.3) is 0 Å². The Morgan fingerprint density at radius 3 is 2.95 bits per heavy atom. The molecule has 1 atom stereocenters. The van der Waals surface area contributed by atoms with Crippen molar-refractivity contribution in [3.63, 3.8) is 0 Å². The molecule has 1 amide bonds. The molecule has 0 bridgehead atoms. The Bertz CT molecular complexity index is 462. The van der Waals surface area contributed by atoms with Crippen molar-refractivity contribution < 1.29 is 9.90 Å². The largest absolute Gasteiger partial charge is 0.396 e. The maximum atomic E-state index is 11.9. The molecule has 110 valence electrons. The van der Waals surface area contributed by atoms with Gasteiger partial charge in [0.15, 0.2) is 0 Å². The molecule has 1 aliphatic carbocycles. The van der Waals surface area contributed by atoms with Gasteiger partial charge in [0.05, 0.1) is 5.75 Å². The van der Waals surface area contributed by atoms with Crippen LogP contribution in [0.25, 0.3) is 0 Å². The zero-order valence-electron chi connectivity index (χ0n) is 12.0. The lowest BCUT2D eigenvalue weighted by Gasteiger charge is -2.15. The summed E-state index contributed by atoms with van der Waals surface area (Å²) in [6.07, 6.45) is 5.11. The molecule has 3 nitrogen and oxygen atoms in total. The van der Waals surface area contributed by atoms with Gasteiger partial charge in [-0.15, -0.1) is 11.8 Å². The van der Waals surface area contributed by atoms with Gasteiger partial charge in [-0.3, -0.25) is 4.79 Å². The molecule has 0 aromatic heterocycles. The van der Waals surface area contributed by atoms with E-state index in [2.05, 4.69) is 23.5 Å². The van der Waals surface area contributed by atoms with Crippen LogP contribution in [0.5, 0.6) is 0 Å². The second-order valence-corrected chi connectivity index (χ2v) is 6.31. The maximum absolute atomic E-state index is 11.9. The van der Waals surface area contributed by atoms with Crippen molar-refractivity contribution in [3.05, 3.63) is 29.3 Å². The standard InChI is InChI=1S/C16H23NO2S/c1-2-14(8-9-18)17-16(19)11-20-15-7-6-12-4-3-5-13(12)10-15/h6-7,10,14,18H,2-5,8-9,11H2,1H3,(H,17,19). The molecule has 1 aromatic carbocycles. The Hall–Kier alpha value is -1.00. The molecule has 0 radical (unpaired) electrons. The molecule has 20 heavy (non-hydrogen) atoms. The summed E-state index contributed by atoms with van der Waals surface area (Å²) >= 11 is 1.59. The highest BCUT2D eigenvalue weighted by atomic mass is 32.2. The Morgan fingerprint density at radius 1 is 1.40 bits per heavy atom. The minimum absolute atomic E-state index is 0.0517. The summed E-state index contributed by atoms with van der Waals surface area (Å²) in [6.45, 7) is 2.14. The molecule has 0 fully saturated rings. The van der Waals surface area contributed by atoms with Gasteiger partial charge in [-0.25, -0.2) is 0 Å². The van der Waals surface area contributed by atoms with Crippen LogP contribution in [0.2, 0.25) is 0 Å². The quantitative estimate of drug-likeness (QED) is 0.760. The van der Waals surface area contributed by atoms with Gasteiger partial charge < -0.3 is 10.4 Å². The summed E-state index contributed by atoms with van der Waals surface area (Å²) in [5, 5.41) is 11.9. The fourth-order valence-electron chi connectivity index (χ4n) is 2.59. The van der Waals surface area contributed by atoms with E-state index in [9.17, 15) is 4.79 Å². The second kappa shape index (κ2) is 7.70. The van der Waals surface area contributed by atoms with Gasteiger partial charge >= 0.3 is 0 Å². The molecule has 0 saturated carbocycles. The molecule has 0 aliphatic heterocycles. The summed E-state index contributed by atoms with van der Waals surface area (Å²) in [5.74, 6) is 0.497. The first kappa shape index (κ1) is 15.4. The molecule has 4 heteroatoms. The highest BCUT2D eigenvalue weighted by Gasteiger charge is 2.13. The van der Waals surface area contributed by atoms with Crippen LogP contribution >= 0.6 is 11.8 Å². The lowest BCUT2D eigenvalue weighted by Crippen LogP contribution is -2.36. The van der Waals surface area contributed by atoms with E-state index in [4.69, 9.17) is 5.11 Å². The minimum atomic E-state index is 0.0517. The predicted molar refractivity (Wildman–Crippen MR) is 83.1 cm³/mol. The van der Waals surface area contributed by atoms with Crippen molar-refractivity contribution in [2.45, 2.75) is 50.0 Å². The summed E-state index contributed by atoms with van der Waals surface area (Å²) in [5.41, 5.74) is 2.91. The van der Waals surface area contributed by atoms with Gasteiger partial charge in [0.1, 0.15) is 0 Å². The number of aliphatic hydroxyl groups is 1. The van der Waals surface area contributed by atoms with Crippen LogP contribution in [-0.2, 0) is 17.6 Å². The lowest BCUT2D eigenvalue weighted by atomic mass is 10.1. The van der Waals surface area contributed by atoms with Gasteiger partial charge in [0.2, 0.25) is 5.91 Å². The zero-order chi connectivity index (χ0) is 14.4. The average Bonchev–Trinajstić information content (AvgIpc) is 2.92. The number of thioether (sulfide) groups is 1. The summed E-state index contributed by atoms with van der Waals surface area (Å²) < 4.78 is 0. The van der Waals surface area contributed by atoms with Crippen molar-refractivity contribution in [2.75, 3.05) is 12.4 Å². The van der Waals surface area contributed by atoms with Crippen molar-refractivity contribution in [3.8, 4) is 0 Å². The number of hydrogen-bond donors (Lipinski definition) is 2. The third-order valence-corrected chi connectivity index (χ3v) is 4.77. The number of hydrogen-bond acceptors (Lipinski definition) is 3. The fourth-order valence-corrected chi connectivity index (χ4v) is 3.36. The molecule has 2 rings (SSSR count). The van der Waals surface area contributed by atoms with E-state index in [1.54, 1.807) is 11.8 Å². The Morgan fingerprint density at radius 2 is 2.20 bits per heavy atom. The molecule has 2 N–H and O–H groups in total. The maximum Gasteiger partial charge on any atom is 0.230 e. The van der Waals surface area contributed by atoms with Crippen LogP contribution in [0.15, 0.2) is 23.1 Å². The number of aliphatic hydroxyl groups excluding tert-OH is 1. The Kier molecular flexibility index (Phi) is 5.92. The van der Waals surface area contributed by atoms with Crippen LogP contribution in [0.1, 0.15) is 37.3 Å². The highest BCUT2D eigenvalue weighted by molar-refractivity contribution is 8.00. The van der Waals surface area contributed by atoms with E-state index in [0.29, 0.717) is 12.2 Å². The number of aryl methyl sites for hydroxylation is 2. The first-order chi connectivity index (χ1) is 9.72. The minimum Gasteiger partial charge on any atom is -0.396 e. The predicted octanol–water partition coefficient (Wildman–Crippen LogP) is 2.54. The first-order valence-corrected chi connectivity index (χ1v) is 8.36. The smallest absolute Gasteiger partial charge is 0.230 e. The number of carbonyl (C=O) groups excluding carboxylic acids is 1. The molecular formula is C16H23NO2S. The van der Waals surface area contributed by atoms with Gasteiger partial charge in [-0.2, -0.15) is 0 Å². The third kappa shape index (κ3) is 4.25. The number of nitrogens with one attached hydrogen (secondary N) is 1. The van der Waals surface area contributed by atoms with Crippen LogP contribution in [0.4, 0.5) is 0 Å². The normalized spacial score (nSPS) is 14.9. The molecule has 0 spiro atoms. The zero-order valence-corrected chi connectivity index (χ0v) is 12.8. The summed E-state index contributed by atoms with van der Waals surface area (Å²) in [7, 11) is 0. The van der Waals surface area contributed by atoms with Crippen molar-refractivity contribution in [1.82, 2.24) is 5.32 Å². The van der Waals surface area contributed by atoms with Gasteiger partial charge in [-0.1, -0.05) is 13.0 Å². The molecule has 0 saturated heterocycles. The topological polar surface area (TPSA) is 49.3 Å². The highest BCUT2D eigenvalue weighted by Crippen LogP contribution is 2.27. The van der Waals surface area contributed by atoms with Crippen molar-refractivity contribution >= 4 is 17.7 Å². The van der Waals surface area contributed by atoms with E-state index in [-0.39, 0.29) is 18.6 Å². The van der Waals surface area contributed by atoms with E-state index in [1.807, 2.05) is 6.92 Å². The number of fused-ring (bicyclic) bond motifs is 1. The molecule has 1 aromatic rings. The summed E-state index contributed by atoms with van der Waals surface area (Å²) in [6, 6.07) is 6.63. The Labute approximate surface area is 125 Å². The second-order valence-electron chi connectivity index (χ2n) is 5.26. The number of amides is 1. The lowest BCUT2D eigenvalue weighted by molar-refractivity contribution is -0.119.